The Morgan fingerprint density at radius 3 is 1.80 bits per heavy atom. The lowest BCUT2D eigenvalue weighted by atomic mass is 9.85. The summed E-state index contributed by atoms with van der Waals surface area (Å²) in [5.74, 6) is -0.322. The van der Waals surface area contributed by atoms with E-state index in [0.29, 0.717) is 6.42 Å². The molecule has 132 valence electrons. The highest BCUT2D eigenvalue weighted by Crippen LogP contribution is 2.34. The van der Waals surface area contributed by atoms with Crippen molar-refractivity contribution in [2.75, 3.05) is 0 Å². The normalized spacial score (nSPS) is 12.7. The molecule has 1 N–H and O–H groups in total. The third-order valence-corrected chi connectivity index (χ3v) is 4.44. The minimum atomic E-state index is -1.89. The van der Waals surface area contributed by atoms with Crippen LogP contribution in [0.15, 0.2) is 72.8 Å². The van der Waals surface area contributed by atoms with Crippen molar-refractivity contribution in [2.24, 2.45) is 0 Å². The highest BCUT2D eigenvalue weighted by Gasteiger charge is 2.32. The van der Waals surface area contributed by atoms with Crippen LogP contribution >= 0.6 is 34.8 Å². The van der Waals surface area contributed by atoms with E-state index in [-0.39, 0.29) is 5.92 Å². The average Bonchev–Trinajstić information content (AvgIpc) is 2.58. The molecule has 0 saturated heterocycles. The van der Waals surface area contributed by atoms with Gasteiger partial charge in [-0.3, -0.25) is 5.41 Å². The van der Waals surface area contributed by atoms with Gasteiger partial charge in [0.2, 0.25) is 5.90 Å². The molecule has 2 aromatic carbocycles. The molecule has 0 saturated carbocycles. The Morgan fingerprint density at radius 1 is 1.00 bits per heavy atom. The second-order valence-corrected chi connectivity index (χ2v) is 8.17. The summed E-state index contributed by atoms with van der Waals surface area (Å²) in [5, 5.41) is 7.86. The molecule has 2 nitrogen and oxygen atoms in total. The predicted octanol–water partition coefficient (Wildman–Crippen LogP) is 6.52. The number of rotatable bonds is 6. The molecule has 0 aromatic heterocycles. The van der Waals surface area contributed by atoms with Crippen LogP contribution in [0.3, 0.4) is 0 Å². The summed E-state index contributed by atoms with van der Waals surface area (Å²) in [7, 11) is 0. The van der Waals surface area contributed by atoms with Crippen LogP contribution in [-0.2, 0) is 4.74 Å². The SMILES string of the molecule is C=C(C)C(CC(c1ccccc1)c1ccccc1)OC(=N)C(Cl)(Cl)Cl. The van der Waals surface area contributed by atoms with Crippen molar-refractivity contribution in [2.45, 2.75) is 29.2 Å². The zero-order valence-corrected chi connectivity index (χ0v) is 16.2. The molecule has 25 heavy (non-hydrogen) atoms. The zero-order chi connectivity index (χ0) is 18.4. The van der Waals surface area contributed by atoms with Gasteiger partial charge in [-0.25, -0.2) is 0 Å². The van der Waals surface area contributed by atoms with Gasteiger partial charge in [0, 0.05) is 5.92 Å². The first-order valence-corrected chi connectivity index (χ1v) is 9.00. The smallest absolute Gasteiger partial charge is 0.265 e. The molecule has 0 fully saturated rings. The molecule has 1 unspecified atom stereocenters. The van der Waals surface area contributed by atoms with E-state index in [1.807, 2.05) is 43.3 Å². The molecule has 0 amide bonds. The molecule has 0 radical (unpaired) electrons. The van der Waals surface area contributed by atoms with Crippen LogP contribution in [0.2, 0.25) is 0 Å². The van der Waals surface area contributed by atoms with Crippen LogP contribution in [0.25, 0.3) is 0 Å². The third-order valence-electron chi connectivity index (χ3n) is 3.92. The van der Waals surface area contributed by atoms with Crippen molar-refractivity contribution >= 4 is 40.7 Å². The fourth-order valence-electron chi connectivity index (χ4n) is 2.61. The van der Waals surface area contributed by atoms with Gasteiger partial charge >= 0.3 is 0 Å². The minimum absolute atomic E-state index is 0.0762. The highest BCUT2D eigenvalue weighted by atomic mass is 35.6. The molecule has 0 aliphatic rings. The lowest BCUT2D eigenvalue weighted by molar-refractivity contribution is 0.201. The summed E-state index contributed by atoms with van der Waals surface area (Å²) in [6, 6.07) is 20.3. The average molecular weight is 397 g/mol. The van der Waals surface area contributed by atoms with Gasteiger partial charge in [-0.2, -0.15) is 0 Å². The van der Waals surface area contributed by atoms with E-state index >= 15 is 0 Å². The molecule has 0 heterocycles. The number of ether oxygens (including phenoxy) is 1. The molecule has 1 atom stereocenters. The van der Waals surface area contributed by atoms with Gasteiger partial charge in [0.05, 0.1) is 0 Å². The standard InChI is InChI=1S/C20H20Cl3NO/c1-14(2)18(25-19(24)20(21,22)23)13-17(15-9-5-3-6-10-15)16-11-7-4-8-12-16/h3-12,17-18,24H,1,13H2,2H3. The molecule has 2 aromatic rings. The fraction of sp³-hybridized carbons (Fsp3) is 0.250. The number of hydrogen-bond acceptors (Lipinski definition) is 2. The van der Waals surface area contributed by atoms with Crippen LogP contribution in [0.1, 0.15) is 30.4 Å². The molecular formula is C20H20Cl3NO. The van der Waals surface area contributed by atoms with Crippen molar-refractivity contribution in [1.29, 1.82) is 5.41 Å². The molecule has 2 rings (SSSR count). The molecule has 5 heteroatoms. The van der Waals surface area contributed by atoms with E-state index in [0.717, 1.165) is 16.7 Å². The summed E-state index contributed by atoms with van der Waals surface area (Å²) in [6.45, 7) is 5.83. The largest absolute Gasteiger partial charge is 0.470 e. The lowest BCUT2D eigenvalue weighted by Crippen LogP contribution is -2.29. The fourth-order valence-corrected chi connectivity index (χ4v) is 2.74. The van der Waals surface area contributed by atoms with Crippen molar-refractivity contribution < 1.29 is 4.74 Å². The van der Waals surface area contributed by atoms with Crippen LogP contribution in [0.5, 0.6) is 0 Å². The van der Waals surface area contributed by atoms with Crippen molar-refractivity contribution in [3.05, 3.63) is 83.9 Å². The summed E-state index contributed by atoms with van der Waals surface area (Å²) in [4.78, 5) is 0. The van der Waals surface area contributed by atoms with Gasteiger partial charge in [0.1, 0.15) is 6.10 Å². The number of alkyl halides is 3. The molecule has 0 aliphatic carbocycles. The summed E-state index contributed by atoms with van der Waals surface area (Å²) in [5.41, 5.74) is 3.09. The Kier molecular flexibility index (Phi) is 6.95. The van der Waals surface area contributed by atoms with Gasteiger partial charge < -0.3 is 4.74 Å². The first-order chi connectivity index (χ1) is 11.8. The Hall–Kier alpha value is -1.48. The number of hydrogen-bond donors (Lipinski definition) is 1. The van der Waals surface area contributed by atoms with Crippen molar-refractivity contribution in [3.63, 3.8) is 0 Å². The van der Waals surface area contributed by atoms with Gasteiger partial charge in [-0.15, -0.1) is 0 Å². The van der Waals surface area contributed by atoms with E-state index in [9.17, 15) is 0 Å². The first kappa shape index (κ1) is 19.8. The molecule has 0 bridgehead atoms. The molecule has 0 spiro atoms. The summed E-state index contributed by atoms with van der Waals surface area (Å²) < 4.78 is 3.75. The van der Waals surface area contributed by atoms with Gasteiger partial charge in [0.25, 0.3) is 3.79 Å². The van der Waals surface area contributed by atoms with E-state index in [2.05, 4.69) is 30.8 Å². The maximum atomic E-state index is 7.86. The predicted molar refractivity (Wildman–Crippen MR) is 107 cm³/mol. The minimum Gasteiger partial charge on any atom is -0.470 e. The maximum absolute atomic E-state index is 7.86. The van der Waals surface area contributed by atoms with E-state index < -0.39 is 15.8 Å². The highest BCUT2D eigenvalue weighted by molar-refractivity contribution is 6.76. The second kappa shape index (κ2) is 8.75. The van der Waals surface area contributed by atoms with Crippen LogP contribution in [0.4, 0.5) is 0 Å². The lowest BCUT2D eigenvalue weighted by Gasteiger charge is -2.27. The first-order valence-electron chi connectivity index (χ1n) is 7.86. The van der Waals surface area contributed by atoms with Crippen molar-refractivity contribution in [1.82, 2.24) is 0 Å². The zero-order valence-electron chi connectivity index (χ0n) is 13.9. The number of nitrogens with one attached hydrogen (secondary N) is 1. The van der Waals surface area contributed by atoms with E-state index in [1.165, 1.54) is 0 Å². The van der Waals surface area contributed by atoms with Crippen LogP contribution in [-0.4, -0.2) is 15.8 Å². The Bertz CT molecular complexity index is 671. The monoisotopic (exact) mass is 395 g/mol. The van der Waals surface area contributed by atoms with E-state index in [1.54, 1.807) is 0 Å². The summed E-state index contributed by atoms with van der Waals surface area (Å²) in [6.07, 6.45) is 0.153. The Labute approximate surface area is 163 Å². The third kappa shape index (κ3) is 5.78. The quantitative estimate of drug-likeness (QED) is 0.256. The van der Waals surface area contributed by atoms with Crippen LogP contribution < -0.4 is 0 Å². The maximum Gasteiger partial charge on any atom is 0.265 e. The summed E-state index contributed by atoms with van der Waals surface area (Å²) >= 11 is 17.3. The Balaban J connectivity index is 2.30. The molecule has 0 aliphatic heterocycles. The van der Waals surface area contributed by atoms with E-state index in [4.69, 9.17) is 44.9 Å². The van der Waals surface area contributed by atoms with Crippen molar-refractivity contribution in [3.8, 4) is 0 Å². The second-order valence-electron chi connectivity index (χ2n) is 5.89. The number of halogens is 3. The molecular weight excluding hydrogens is 377 g/mol. The topological polar surface area (TPSA) is 33.1 Å². The number of benzene rings is 2. The van der Waals surface area contributed by atoms with Gasteiger partial charge in [-0.1, -0.05) is 102 Å². The van der Waals surface area contributed by atoms with Gasteiger partial charge in [-0.05, 0) is 30.0 Å². The Morgan fingerprint density at radius 2 is 1.44 bits per heavy atom. The van der Waals surface area contributed by atoms with Crippen LogP contribution in [0, 0.1) is 5.41 Å². The van der Waals surface area contributed by atoms with Gasteiger partial charge in [0.15, 0.2) is 0 Å².